The summed E-state index contributed by atoms with van der Waals surface area (Å²) in [5, 5.41) is 12.2. The molecule has 0 fully saturated rings. The number of hydrogen-bond acceptors (Lipinski definition) is 5. The molecular weight excluding hydrogens is 290 g/mol. The van der Waals surface area contributed by atoms with E-state index in [0.717, 1.165) is 22.1 Å². The average Bonchev–Trinajstić information content (AvgIpc) is 2.45. The summed E-state index contributed by atoms with van der Waals surface area (Å²) < 4.78 is 11.0. The molecule has 1 aromatic rings. The van der Waals surface area contributed by atoms with Crippen LogP contribution in [0.3, 0.4) is 0 Å². The molecule has 1 aromatic carbocycles. The first-order valence-electron chi connectivity index (χ1n) is 7.07. The van der Waals surface area contributed by atoms with E-state index in [4.69, 9.17) is 14.6 Å². The predicted molar refractivity (Wildman–Crippen MR) is 82.5 cm³/mol. The van der Waals surface area contributed by atoms with Crippen LogP contribution in [0.2, 0.25) is 0 Å². The predicted octanol–water partition coefficient (Wildman–Crippen LogP) is 2.39. The second-order valence-electron chi connectivity index (χ2n) is 5.15. The molecule has 5 nitrogen and oxygen atoms in total. The Hall–Kier alpha value is -1.40. The monoisotopic (exact) mass is 311 g/mol. The third-order valence-electron chi connectivity index (χ3n) is 3.02. The molecule has 21 heavy (non-hydrogen) atoms. The number of thioether (sulfide) groups is 1. The number of carbonyl (C=O) groups is 1. The molecule has 0 bridgehead atoms. The molecule has 0 radical (unpaired) electrons. The van der Waals surface area contributed by atoms with Gasteiger partial charge in [-0.25, -0.2) is 0 Å². The van der Waals surface area contributed by atoms with Crippen molar-refractivity contribution in [2.24, 2.45) is 0 Å². The Morgan fingerprint density at radius 3 is 2.71 bits per heavy atom. The highest BCUT2D eigenvalue weighted by Crippen LogP contribution is 2.34. The first kappa shape index (κ1) is 16.0. The highest BCUT2D eigenvalue weighted by molar-refractivity contribution is 7.99. The van der Waals surface area contributed by atoms with Crippen molar-refractivity contribution in [2.75, 3.05) is 19.0 Å². The van der Waals surface area contributed by atoms with E-state index in [-0.39, 0.29) is 6.04 Å². The molecule has 1 heterocycles. The maximum absolute atomic E-state index is 11.2. The fourth-order valence-corrected chi connectivity index (χ4v) is 3.03. The molecule has 0 saturated heterocycles. The number of aliphatic carboxylic acids is 1. The Balaban J connectivity index is 1.86. The van der Waals surface area contributed by atoms with E-state index >= 15 is 0 Å². The largest absolute Gasteiger partial charge is 0.486 e. The summed E-state index contributed by atoms with van der Waals surface area (Å²) in [6, 6.07) is 5.48. The third-order valence-corrected chi connectivity index (χ3v) is 4.05. The number of hydrogen-bond donors (Lipinski definition) is 2. The molecular formula is C15H21NO4S. The maximum Gasteiger partial charge on any atom is 0.320 e. The van der Waals surface area contributed by atoms with Crippen LogP contribution in [0.4, 0.5) is 0 Å². The molecule has 2 N–H and O–H groups in total. The van der Waals surface area contributed by atoms with E-state index in [9.17, 15) is 4.79 Å². The fourth-order valence-electron chi connectivity index (χ4n) is 2.09. The first-order chi connectivity index (χ1) is 10.1. The SMILES string of the molecule is CC(C)NC(CCSc1ccc2c(c1)OCCO2)C(=O)O. The molecule has 116 valence electrons. The van der Waals surface area contributed by atoms with Crippen LogP contribution in [-0.4, -0.2) is 42.1 Å². The minimum absolute atomic E-state index is 0.158. The highest BCUT2D eigenvalue weighted by Gasteiger charge is 2.18. The Labute approximate surface area is 129 Å². The van der Waals surface area contributed by atoms with E-state index in [0.29, 0.717) is 19.6 Å². The van der Waals surface area contributed by atoms with Gasteiger partial charge in [0, 0.05) is 16.7 Å². The zero-order valence-corrected chi connectivity index (χ0v) is 13.1. The molecule has 2 rings (SSSR count). The quantitative estimate of drug-likeness (QED) is 0.754. The Kier molecular flexibility index (Phi) is 5.76. The molecule has 0 spiro atoms. The Morgan fingerprint density at radius 2 is 2.05 bits per heavy atom. The van der Waals surface area contributed by atoms with Crippen LogP contribution in [-0.2, 0) is 4.79 Å². The van der Waals surface area contributed by atoms with E-state index in [1.54, 1.807) is 11.8 Å². The van der Waals surface area contributed by atoms with Gasteiger partial charge >= 0.3 is 5.97 Å². The number of benzene rings is 1. The van der Waals surface area contributed by atoms with Crippen LogP contribution in [0, 0.1) is 0 Å². The minimum atomic E-state index is -0.800. The van der Waals surface area contributed by atoms with Gasteiger partial charge in [0.2, 0.25) is 0 Å². The summed E-state index contributed by atoms with van der Waals surface area (Å²) in [4.78, 5) is 12.2. The van der Waals surface area contributed by atoms with Crippen LogP contribution in [0.5, 0.6) is 11.5 Å². The van der Waals surface area contributed by atoms with Crippen LogP contribution in [0.25, 0.3) is 0 Å². The number of nitrogens with one attached hydrogen (secondary N) is 1. The summed E-state index contributed by atoms with van der Waals surface area (Å²) in [5.41, 5.74) is 0. The Bertz CT molecular complexity index is 493. The molecule has 1 unspecified atom stereocenters. The first-order valence-corrected chi connectivity index (χ1v) is 8.06. The Morgan fingerprint density at radius 1 is 1.33 bits per heavy atom. The van der Waals surface area contributed by atoms with Crippen molar-refractivity contribution in [1.29, 1.82) is 0 Å². The molecule has 0 amide bonds. The van der Waals surface area contributed by atoms with Crippen molar-refractivity contribution < 1.29 is 19.4 Å². The van der Waals surface area contributed by atoms with Gasteiger partial charge in [-0.05, 0) is 24.6 Å². The summed E-state index contributed by atoms with van der Waals surface area (Å²) in [7, 11) is 0. The zero-order chi connectivity index (χ0) is 15.2. The van der Waals surface area contributed by atoms with Crippen molar-refractivity contribution in [1.82, 2.24) is 5.32 Å². The second kappa shape index (κ2) is 7.56. The van der Waals surface area contributed by atoms with Crippen LogP contribution < -0.4 is 14.8 Å². The van der Waals surface area contributed by atoms with Gasteiger partial charge in [-0.1, -0.05) is 13.8 Å². The number of rotatable bonds is 7. The lowest BCUT2D eigenvalue weighted by molar-refractivity contribution is -0.139. The molecule has 0 saturated carbocycles. The smallest absolute Gasteiger partial charge is 0.320 e. The van der Waals surface area contributed by atoms with Crippen LogP contribution in [0.15, 0.2) is 23.1 Å². The second-order valence-corrected chi connectivity index (χ2v) is 6.32. The molecule has 1 aliphatic rings. The van der Waals surface area contributed by atoms with E-state index in [1.165, 1.54) is 0 Å². The highest BCUT2D eigenvalue weighted by atomic mass is 32.2. The fraction of sp³-hybridized carbons (Fsp3) is 0.533. The van der Waals surface area contributed by atoms with Gasteiger partial charge in [-0.15, -0.1) is 11.8 Å². The van der Waals surface area contributed by atoms with Crippen molar-refractivity contribution in [3.63, 3.8) is 0 Å². The number of fused-ring (bicyclic) bond motifs is 1. The lowest BCUT2D eigenvalue weighted by atomic mass is 10.2. The van der Waals surface area contributed by atoms with Crippen molar-refractivity contribution in [2.45, 2.75) is 37.2 Å². The number of carboxylic acids is 1. The third kappa shape index (κ3) is 4.82. The lowest BCUT2D eigenvalue weighted by Gasteiger charge is -2.19. The van der Waals surface area contributed by atoms with Gasteiger partial charge in [0.05, 0.1) is 0 Å². The lowest BCUT2D eigenvalue weighted by Crippen LogP contribution is -2.41. The summed E-state index contributed by atoms with van der Waals surface area (Å²) in [5.74, 6) is 1.47. The summed E-state index contributed by atoms with van der Waals surface area (Å²) in [6.45, 7) is 5.05. The molecule has 6 heteroatoms. The van der Waals surface area contributed by atoms with Crippen LogP contribution >= 0.6 is 11.8 Å². The van der Waals surface area contributed by atoms with Gasteiger partial charge in [0.15, 0.2) is 11.5 Å². The zero-order valence-electron chi connectivity index (χ0n) is 12.3. The maximum atomic E-state index is 11.2. The van der Waals surface area contributed by atoms with Crippen molar-refractivity contribution >= 4 is 17.7 Å². The average molecular weight is 311 g/mol. The van der Waals surface area contributed by atoms with Gasteiger partial charge in [0.25, 0.3) is 0 Å². The van der Waals surface area contributed by atoms with E-state index < -0.39 is 12.0 Å². The van der Waals surface area contributed by atoms with E-state index in [1.807, 2.05) is 32.0 Å². The molecule has 1 aliphatic heterocycles. The minimum Gasteiger partial charge on any atom is -0.486 e. The number of ether oxygens (including phenoxy) is 2. The number of carboxylic acid groups (broad SMARTS) is 1. The van der Waals surface area contributed by atoms with Gasteiger partial charge in [0.1, 0.15) is 19.3 Å². The molecule has 0 aliphatic carbocycles. The van der Waals surface area contributed by atoms with Crippen LogP contribution in [0.1, 0.15) is 20.3 Å². The van der Waals surface area contributed by atoms with Crippen molar-refractivity contribution in [3.8, 4) is 11.5 Å². The normalized spacial score (nSPS) is 15.0. The topological polar surface area (TPSA) is 67.8 Å². The van der Waals surface area contributed by atoms with E-state index in [2.05, 4.69) is 5.32 Å². The standard InChI is InChI=1S/C15H21NO4S/c1-10(2)16-12(15(17)18)5-8-21-11-3-4-13-14(9-11)20-7-6-19-13/h3-4,9-10,12,16H,5-8H2,1-2H3,(H,17,18). The van der Waals surface area contributed by atoms with Crippen molar-refractivity contribution in [3.05, 3.63) is 18.2 Å². The summed E-state index contributed by atoms with van der Waals surface area (Å²) in [6.07, 6.45) is 0.576. The van der Waals surface area contributed by atoms with Gasteiger partial charge in [-0.3, -0.25) is 4.79 Å². The molecule has 1 atom stereocenters. The van der Waals surface area contributed by atoms with Gasteiger partial charge < -0.3 is 19.9 Å². The summed E-state index contributed by atoms with van der Waals surface area (Å²) >= 11 is 1.63. The molecule has 0 aromatic heterocycles. The van der Waals surface area contributed by atoms with Gasteiger partial charge in [-0.2, -0.15) is 0 Å².